The standard InChI is InChI=1S/C28H36FN3O2/c1-4-9-21(17-16-19(2)22-12-7-10-20-11-8-13-23(29)27(20)22)32-25-15-6-5-14-24(25)31(28(32)34)18-26(33)30-3/h5-6,8,11,13-15,19,21-22H,4,7,9-10,12,16-18H2,1-3H3,(H,30,33). The zero-order chi connectivity index (χ0) is 24.2. The van der Waals surface area contributed by atoms with E-state index in [2.05, 4.69) is 25.2 Å². The zero-order valence-electron chi connectivity index (χ0n) is 20.5. The molecule has 1 aromatic heterocycles. The SMILES string of the molecule is CCCC(CCC(C)C1CCCc2cccc(F)c21)n1c(=O)n(CC(=O)NC)c2ccccc21. The van der Waals surface area contributed by atoms with Gasteiger partial charge in [-0.2, -0.15) is 0 Å². The maximum absolute atomic E-state index is 14.7. The van der Waals surface area contributed by atoms with Crippen molar-refractivity contribution in [3.63, 3.8) is 0 Å². The van der Waals surface area contributed by atoms with E-state index in [1.54, 1.807) is 17.7 Å². The average molecular weight is 466 g/mol. The number of benzene rings is 2. The number of amides is 1. The van der Waals surface area contributed by atoms with E-state index < -0.39 is 0 Å². The highest BCUT2D eigenvalue weighted by Crippen LogP contribution is 2.41. The Morgan fingerprint density at radius 3 is 2.62 bits per heavy atom. The molecule has 0 radical (unpaired) electrons. The topological polar surface area (TPSA) is 56.0 Å². The van der Waals surface area contributed by atoms with E-state index in [0.29, 0.717) is 5.92 Å². The predicted octanol–water partition coefficient (Wildman–Crippen LogP) is 5.57. The summed E-state index contributed by atoms with van der Waals surface area (Å²) in [6, 6.07) is 13.2. The van der Waals surface area contributed by atoms with Crippen molar-refractivity contribution in [3.8, 4) is 0 Å². The second kappa shape index (κ2) is 10.6. The highest BCUT2D eigenvalue weighted by molar-refractivity contribution is 5.80. The first-order chi connectivity index (χ1) is 16.5. The number of rotatable bonds is 9. The minimum atomic E-state index is -0.191. The van der Waals surface area contributed by atoms with E-state index in [1.807, 2.05) is 34.9 Å². The second-order valence-electron chi connectivity index (χ2n) is 9.71. The number of nitrogens with one attached hydrogen (secondary N) is 1. The minimum absolute atomic E-state index is 0.0101. The van der Waals surface area contributed by atoms with Gasteiger partial charge < -0.3 is 5.32 Å². The van der Waals surface area contributed by atoms with Crippen LogP contribution in [-0.4, -0.2) is 22.1 Å². The summed E-state index contributed by atoms with van der Waals surface area (Å²) in [5, 5.41) is 2.62. The molecule has 0 fully saturated rings. The maximum Gasteiger partial charge on any atom is 0.329 e. The Hall–Kier alpha value is -2.89. The van der Waals surface area contributed by atoms with Gasteiger partial charge in [-0.3, -0.25) is 13.9 Å². The van der Waals surface area contributed by atoms with Crippen LogP contribution in [0.5, 0.6) is 0 Å². The molecule has 3 aromatic rings. The molecule has 0 saturated carbocycles. The van der Waals surface area contributed by atoms with Crippen LogP contribution < -0.4 is 11.0 Å². The molecule has 1 N–H and O–H groups in total. The summed E-state index contributed by atoms with van der Waals surface area (Å²) in [7, 11) is 1.58. The van der Waals surface area contributed by atoms with Gasteiger partial charge in [-0.05, 0) is 79.7 Å². The molecule has 0 saturated heterocycles. The molecular formula is C28H36FN3O2. The lowest BCUT2D eigenvalue weighted by Crippen LogP contribution is -2.33. The third-order valence-electron chi connectivity index (χ3n) is 7.55. The maximum atomic E-state index is 14.7. The van der Waals surface area contributed by atoms with Crippen LogP contribution in [0.3, 0.4) is 0 Å². The van der Waals surface area contributed by atoms with Crippen molar-refractivity contribution in [2.75, 3.05) is 7.05 Å². The summed E-state index contributed by atoms with van der Waals surface area (Å²) in [4.78, 5) is 25.6. The molecule has 4 rings (SSSR count). The van der Waals surface area contributed by atoms with Gasteiger partial charge in [0, 0.05) is 13.1 Å². The highest BCUT2D eigenvalue weighted by atomic mass is 19.1. The van der Waals surface area contributed by atoms with Crippen molar-refractivity contribution in [2.45, 2.75) is 77.3 Å². The molecule has 34 heavy (non-hydrogen) atoms. The molecule has 0 aliphatic heterocycles. The molecule has 1 aliphatic carbocycles. The molecule has 3 unspecified atom stereocenters. The van der Waals surface area contributed by atoms with Crippen LogP contribution in [-0.2, 0) is 17.8 Å². The van der Waals surface area contributed by atoms with Crippen LogP contribution in [0.4, 0.5) is 4.39 Å². The van der Waals surface area contributed by atoms with Crippen molar-refractivity contribution < 1.29 is 9.18 Å². The number of carbonyl (C=O) groups excluding carboxylic acids is 1. The molecule has 2 aromatic carbocycles. The summed E-state index contributed by atoms with van der Waals surface area (Å²) in [6.07, 6.45) is 6.68. The van der Waals surface area contributed by atoms with Crippen LogP contribution in [0.1, 0.15) is 75.5 Å². The first-order valence-corrected chi connectivity index (χ1v) is 12.6. The Morgan fingerprint density at radius 2 is 1.88 bits per heavy atom. The molecule has 1 heterocycles. The third kappa shape index (κ3) is 4.68. The van der Waals surface area contributed by atoms with Gasteiger partial charge in [0.15, 0.2) is 0 Å². The lowest BCUT2D eigenvalue weighted by molar-refractivity contribution is -0.121. The summed E-state index contributed by atoms with van der Waals surface area (Å²) in [5.41, 5.74) is 3.59. The number of hydrogen-bond acceptors (Lipinski definition) is 2. The number of nitrogens with zero attached hydrogens (tertiary/aromatic N) is 2. The molecule has 0 bridgehead atoms. The van der Waals surface area contributed by atoms with E-state index in [4.69, 9.17) is 0 Å². The van der Waals surface area contributed by atoms with Crippen LogP contribution >= 0.6 is 0 Å². The van der Waals surface area contributed by atoms with Gasteiger partial charge in [-0.25, -0.2) is 9.18 Å². The van der Waals surface area contributed by atoms with Crippen LogP contribution in [0, 0.1) is 11.7 Å². The Kier molecular flexibility index (Phi) is 7.54. The fourth-order valence-corrected chi connectivity index (χ4v) is 5.79. The summed E-state index contributed by atoms with van der Waals surface area (Å²) < 4.78 is 18.2. The molecule has 1 aliphatic rings. The largest absolute Gasteiger partial charge is 0.358 e. The minimum Gasteiger partial charge on any atom is -0.358 e. The van der Waals surface area contributed by atoms with E-state index in [9.17, 15) is 14.0 Å². The fraction of sp³-hybridized carbons (Fsp3) is 0.500. The van der Waals surface area contributed by atoms with E-state index in [0.717, 1.165) is 67.1 Å². The number of fused-ring (bicyclic) bond motifs is 2. The molecular weight excluding hydrogens is 429 g/mol. The first kappa shape index (κ1) is 24.2. The number of carbonyl (C=O) groups is 1. The monoisotopic (exact) mass is 465 g/mol. The fourth-order valence-electron chi connectivity index (χ4n) is 5.79. The van der Waals surface area contributed by atoms with Gasteiger partial charge in [0.05, 0.1) is 11.0 Å². The van der Waals surface area contributed by atoms with Gasteiger partial charge in [-0.1, -0.05) is 44.5 Å². The molecule has 182 valence electrons. The molecule has 6 heteroatoms. The number of imidazole rings is 1. The van der Waals surface area contributed by atoms with Crippen molar-refractivity contribution in [2.24, 2.45) is 5.92 Å². The van der Waals surface area contributed by atoms with Crippen LogP contribution in [0.25, 0.3) is 11.0 Å². The van der Waals surface area contributed by atoms with E-state index in [1.165, 1.54) is 0 Å². The van der Waals surface area contributed by atoms with Crippen molar-refractivity contribution in [1.82, 2.24) is 14.5 Å². The van der Waals surface area contributed by atoms with Crippen molar-refractivity contribution in [1.29, 1.82) is 0 Å². The molecule has 3 atom stereocenters. The number of para-hydroxylation sites is 2. The predicted molar refractivity (Wildman–Crippen MR) is 135 cm³/mol. The number of halogens is 1. The molecule has 5 nitrogen and oxygen atoms in total. The normalized spacial score (nSPS) is 17.4. The average Bonchev–Trinajstić information content (AvgIpc) is 3.12. The third-order valence-corrected chi connectivity index (χ3v) is 7.55. The quantitative estimate of drug-likeness (QED) is 0.449. The number of aryl methyl sites for hydroxylation is 1. The Bertz CT molecular complexity index is 1210. The van der Waals surface area contributed by atoms with E-state index >= 15 is 0 Å². The summed E-state index contributed by atoms with van der Waals surface area (Å²) >= 11 is 0. The van der Waals surface area contributed by atoms with Crippen molar-refractivity contribution >= 4 is 16.9 Å². The van der Waals surface area contributed by atoms with Crippen molar-refractivity contribution in [3.05, 3.63) is 69.9 Å². The Balaban J connectivity index is 1.62. The lowest BCUT2D eigenvalue weighted by Gasteiger charge is -2.31. The first-order valence-electron chi connectivity index (χ1n) is 12.6. The highest BCUT2D eigenvalue weighted by Gasteiger charge is 2.29. The number of aromatic nitrogens is 2. The Labute approximate surface area is 201 Å². The van der Waals surface area contributed by atoms with Crippen LogP contribution in [0.15, 0.2) is 47.3 Å². The molecule has 1 amide bonds. The summed E-state index contributed by atoms with van der Waals surface area (Å²) in [5.74, 6) is 0.278. The van der Waals surface area contributed by atoms with E-state index in [-0.39, 0.29) is 35.9 Å². The van der Waals surface area contributed by atoms with Gasteiger partial charge in [0.25, 0.3) is 0 Å². The van der Waals surface area contributed by atoms with Gasteiger partial charge in [0.1, 0.15) is 12.4 Å². The second-order valence-corrected chi connectivity index (χ2v) is 9.71. The number of hydrogen-bond donors (Lipinski definition) is 1. The van der Waals surface area contributed by atoms with Gasteiger partial charge >= 0.3 is 5.69 Å². The zero-order valence-corrected chi connectivity index (χ0v) is 20.5. The number of likely N-dealkylation sites (N-methyl/N-ethyl adjacent to an activating group) is 1. The van der Waals surface area contributed by atoms with Crippen LogP contribution in [0.2, 0.25) is 0 Å². The Morgan fingerprint density at radius 1 is 1.12 bits per heavy atom. The lowest BCUT2D eigenvalue weighted by atomic mass is 9.74. The molecule has 0 spiro atoms. The van der Waals surface area contributed by atoms with Gasteiger partial charge in [0.2, 0.25) is 5.91 Å². The van der Waals surface area contributed by atoms with Gasteiger partial charge in [-0.15, -0.1) is 0 Å². The summed E-state index contributed by atoms with van der Waals surface area (Å²) in [6.45, 7) is 4.38. The smallest absolute Gasteiger partial charge is 0.329 e.